The molecule has 5 aromatic carbocycles. The van der Waals surface area contributed by atoms with Gasteiger partial charge in [0.15, 0.2) is 28.7 Å². The Labute approximate surface area is 703 Å². The van der Waals surface area contributed by atoms with Gasteiger partial charge in [0.1, 0.15) is 37.0 Å². The van der Waals surface area contributed by atoms with Crippen molar-refractivity contribution in [3.8, 4) is 40.4 Å². The lowest BCUT2D eigenvalue weighted by Gasteiger charge is -2.21. The van der Waals surface area contributed by atoms with Gasteiger partial charge in [-0.15, -0.1) is 0 Å². The molecule has 13 rings (SSSR count). The number of Topliss-reactive ketones (excluding diaryl/α,β-unsaturated/α-hetero) is 1. The molecule has 1 amide bonds. The predicted octanol–water partition coefficient (Wildman–Crippen LogP) is 19.2. The normalized spacial score (nSPS) is 12.1. The summed E-state index contributed by atoms with van der Waals surface area (Å²) in [5.74, 6) is -4.34. The number of halogens is 11. The van der Waals surface area contributed by atoms with Gasteiger partial charge < -0.3 is 53.3 Å². The summed E-state index contributed by atoms with van der Waals surface area (Å²) in [7, 11) is 0.929. The molecule has 0 aliphatic heterocycles. The highest BCUT2D eigenvalue weighted by Gasteiger charge is 2.40. The van der Waals surface area contributed by atoms with E-state index >= 15 is 0 Å². The molecule has 1 aliphatic rings. The molecule has 0 bridgehead atoms. The van der Waals surface area contributed by atoms with Gasteiger partial charge in [-0.3, -0.25) is 18.9 Å². The number of carbonyl (C=O) groups is 5. The first-order chi connectivity index (χ1) is 56.8. The molecule has 624 valence electrons. The molecule has 1 fully saturated rings. The number of aromatic carboxylic acids is 3. The summed E-state index contributed by atoms with van der Waals surface area (Å²) in [6.07, 6.45) is -4.80. The number of sulfonamides is 1. The third kappa shape index (κ3) is 20.9. The van der Waals surface area contributed by atoms with E-state index in [-0.39, 0.29) is 94.2 Å². The van der Waals surface area contributed by atoms with Crippen molar-refractivity contribution >= 4 is 115 Å². The van der Waals surface area contributed by atoms with Crippen LogP contribution >= 0.6 is 58.0 Å². The maximum absolute atomic E-state index is 14.0. The maximum atomic E-state index is 14.0. The molecule has 7 aromatic heterocycles. The lowest BCUT2D eigenvalue weighted by atomic mass is 9.98. The van der Waals surface area contributed by atoms with Crippen LogP contribution in [-0.4, -0.2) is 115 Å². The second kappa shape index (κ2) is 37.4. The molecular weight excluding hydrogens is 1710 g/mol. The van der Waals surface area contributed by atoms with Crippen molar-refractivity contribution in [2.75, 3.05) is 35.7 Å². The Hall–Kier alpha value is -12.2. The summed E-state index contributed by atoms with van der Waals surface area (Å²) in [6, 6.07) is 30.8. The molecule has 1 aliphatic carbocycles. The third-order valence-corrected chi connectivity index (χ3v) is 21.6. The summed E-state index contributed by atoms with van der Waals surface area (Å²) >= 11 is 31.8. The fraction of sp³-hybridized carbons (Fsp3) is 0.222. The molecule has 1 saturated carbocycles. The van der Waals surface area contributed by atoms with Crippen LogP contribution in [0.15, 0.2) is 171 Å². The number of nitrogens with one attached hydrogen (secondary N) is 1. The van der Waals surface area contributed by atoms with Crippen molar-refractivity contribution in [2.45, 2.75) is 102 Å². The molecule has 27 nitrogen and oxygen atoms in total. The minimum atomic E-state index is -4.97. The van der Waals surface area contributed by atoms with Crippen LogP contribution in [0.3, 0.4) is 0 Å². The van der Waals surface area contributed by atoms with E-state index in [0.29, 0.717) is 98.7 Å². The number of anilines is 3. The van der Waals surface area contributed by atoms with E-state index in [1.165, 1.54) is 74.0 Å². The number of carboxylic acids is 3. The van der Waals surface area contributed by atoms with E-state index in [2.05, 4.69) is 45.7 Å². The molecule has 12 aromatic rings. The molecule has 0 saturated heterocycles. The van der Waals surface area contributed by atoms with E-state index in [1.807, 2.05) is 26.8 Å². The van der Waals surface area contributed by atoms with Gasteiger partial charge in [0.25, 0.3) is 15.9 Å². The lowest BCUT2D eigenvalue weighted by Crippen LogP contribution is -2.27. The van der Waals surface area contributed by atoms with Gasteiger partial charge >= 0.3 is 36.3 Å². The van der Waals surface area contributed by atoms with Crippen LogP contribution in [-0.2, 0) is 55.0 Å². The Morgan fingerprint density at radius 1 is 0.592 bits per heavy atom. The molecule has 39 heteroatoms. The van der Waals surface area contributed by atoms with Crippen LogP contribution in [0.5, 0.6) is 17.8 Å². The minimum absolute atomic E-state index is 0.00466. The average molecular weight is 1770 g/mol. The standard InChI is InChI=1S/C28H20Cl2F3N3O5.C28H23ClF3N3O5.C25H23Cl2N5O6S/c29-19-5-2-6-20(30)17(19)12-22-18(24(41-36-22)14-7-8-14)13-40-23-10-9-21(25(35-23)28(31,32)33)34-26(37)15-3-1-4-16(11-15)27(38)39;1-14(2)25-19(24(35-40-25)23-15(3)5-4-6-20(23)29)13-39-22-8-7-18(26(34-22)28(30,31)32)21(36)10-16-9-17(27(37)38)12-33-11-16;1-14-20(32(4)39(35,36)16-10-8-15(9-11-16)24(33)34)12-28-25(29-14)37-13-17-22(38-30-23(17)31(2)3)21-18(26)6-5-7-19(21)27/h1-6,9-11,14H,7-8,12-13H2,(H,34,37)(H,38,39);4-9,11-12,14H,10,13H2,1-3H3,(H,37,38);5-12H,13H2,1-4H3,(H,33,34). The number of aryl methyl sites for hydroxylation is 2. The molecule has 0 unspecified atom stereocenters. The van der Waals surface area contributed by atoms with Crippen molar-refractivity contribution in [3.63, 3.8) is 0 Å². The number of amides is 1. The highest BCUT2D eigenvalue weighted by molar-refractivity contribution is 7.92. The monoisotopic (exact) mass is 1770 g/mol. The Morgan fingerprint density at radius 3 is 1.76 bits per heavy atom. The van der Waals surface area contributed by atoms with Gasteiger partial charge in [-0.25, -0.2) is 37.8 Å². The number of hydrogen-bond donors (Lipinski definition) is 4. The molecule has 120 heavy (non-hydrogen) atoms. The second-order valence-corrected chi connectivity index (χ2v) is 31.1. The van der Waals surface area contributed by atoms with Crippen molar-refractivity contribution in [1.29, 1.82) is 0 Å². The van der Waals surface area contributed by atoms with E-state index in [4.69, 9.17) is 101 Å². The largest absolute Gasteiger partial charge is 0.478 e. The van der Waals surface area contributed by atoms with E-state index in [1.54, 1.807) is 74.4 Å². The number of ether oxygens (including phenoxy) is 3. The van der Waals surface area contributed by atoms with E-state index in [9.17, 15) is 58.7 Å². The Morgan fingerprint density at radius 2 is 1.17 bits per heavy atom. The van der Waals surface area contributed by atoms with E-state index < -0.39 is 81.0 Å². The fourth-order valence-corrected chi connectivity index (χ4v) is 14.6. The second-order valence-electron chi connectivity index (χ2n) is 27.1. The van der Waals surface area contributed by atoms with Crippen molar-refractivity contribution < 1.29 is 102 Å². The average Bonchev–Trinajstić information content (AvgIpc) is 1.76. The summed E-state index contributed by atoms with van der Waals surface area (Å²) in [5.41, 5.74) is 1.13. The number of aromatic nitrogens is 8. The first kappa shape index (κ1) is 88.6. The quantitative estimate of drug-likeness (QED) is 0.0274. The van der Waals surface area contributed by atoms with Crippen LogP contribution in [0.2, 0.25) is 25.1 Å². The number of carbonyl (C=O) groups excluding carboxylic acids is 2. The summed E-state index contributed by atoms with van der Waals surface area (Å²) in [5, 5.41) is 43.9. The fourth-order valence-electron chi connectivity index (χ4n) is 12.0. The number of pyridine rings is 3. The predicted molar refractivity (Wildman–Crippen MR) is 428 cm³/mol. The lowest BCUT2D eigenvalue weighted by molar-refractivity contribution is -0.142. The molecule has 7 heterocycles. The minimum Gasteiger partial charge on any atom is -0.478 e. The Kier molecular flexibility index (Phi) is 27.6. The highest BCUT2D eigenvalue weighted by Crippen LogP contribution is 2.46. The summed E-state index contributed by atoms with van der Waals surface area (Å²) in [4.78, 5) is 80.0. The Bertz CT molecular complexity index is 5950. The first-order valence-electron chi connectivity index (χ1n) is 35.6. The zero-order chi connectivity index (χ0) is 87.0. The zero-order valence-electron chi connectivity index (χ0n) is 63.7. The van der Waals surface area contributed by atoms with Crippen LogP contribution < -0.4 is 28.7 Å². The highest BCUT2D eigenvalue weighted by atomic mass is 35.5. The number of hydrogen-bond acceptors (Lipinski definition) is 22. The van der Waals surface area contributed by atoms with Crippen LogP contribution in [0.1, 0.15) is 158 Å². The van der Waals surface area contributed by atoms with Gasteiger partial charge in [-0.05, 0) is 134 Å². The summed E-state index contributed by atoms with van der Waals surface area (Å²) < 4.78 is 145. The van der Waals surface area contributed by atoms with Gasteiger partial charge in [0.2, 0.25) is 11.8 Å². The molecule has 0 radical (unpaired) electrons. The zero-order valence-corrected chi connectivity index (χ0v) is 68.3. The van der Waals surface area contributed by atoms with Gasteiger partial charge in [0, 0.05) is 97.1 Å². The number of ketones is 1. The topological polar surface area (TPSA) is 369 Å². The maximum Gasteiger partial charge on any atom is 0.435 e. The summed E-state index contributed by atoms with van der Waals surface area (Å²) in [6.45, 7) is 6.76. The smallest absolute Gasteiger partial charge is 0.435 e. The van der Waals surface area contributed by atoms with Gasteiger partial charge in [-0.2, -0.15) is 31.3 Å². The van der Waals surface area contributed by atoms with Crippen molar-refractivity contribution in [2.24, 2.45) is 0 Å². The first-order valence-corrected chi connectivity index (χ1v) is 38.9. The third-order valence-electron chi connectivity index (χ3n) is 18.1. The number of rotatable bonds is 27. The number of benzene rings is 5. The van der Waals surface area contributed by atoms with Crippen LogP contribution in [0.25, 0.3) is 22.6 Å². The molecule has 0 spiro atoms. The molecule has 4 N–H and O–H groups in total. The Balaban J connectivity index is 0.000000176. The van der Waals surface area contributed by atoms with E-state index in [0.717, 1.165) is 53.2 Å². The SMILES string of the molecule is Cc1cccc(Cl)c1-c1noc(C(C)C)c1COc1ccc(C(=O)Cc2cncc(C(=O)O)c2)c(C(F)(F)F)n1.Cc1nc(OCc2c(N(C)C)noc2-c2c(Cl)cccc2Cl)ncc1N(C)S(=O)(=O)c1ccc(C(=O)O)cc1.O=C(O)c1cccc(C(=O)Nc2ccc(OCc3c(Cc4c(Cl)cccc4Cl)noc3C3CC3)nc2C(F)(F)F)c1. The number of alkyl halides is 6. The van der Waals surface area contributed by atoms with Crippen molar-refractivity contribution in [3.05, 3.63) is 273 Å². The van der Waals surface area contributed by atoms with Gasteiger partial charge in [-0.1, -0.05) is 118 Å². The van der Waals surface area contributed by atoms with Crippen LogP contribution in [0, 0.1) is 13.8 Å². The van der Waals surface area contributed by atoms with Gasteiger partial charge in [0.05, 0.1) is 87.9 Å². The number of carboxylic acid groups (broad SMARTS) is 3. The van der Waals surface area contributed by atoms with Crippen LogP contribution in [0.4, 0.5) is 43.5 Å². The number of nitrogens with zero attached hydrogens (tertiary/aromatic N) is 10. The molecular formula is C81H66Cl5F6N11O16S. The van der Waals surface area contributed by atoms with Crippen molar-refractivity contribution in [1.82, 2.24) is 40.4 Å². The molecule has 0 atom stereocenters.